The third-order valence-electron chi connectivity index (χ3n) is 6.39. The van der Waals surface area contributed by atoms with Crippen molar-refractivity contribution in [2.75, 3.05) is 13.1 Å². The molecule has 0 bridgehead atoms. The minimum absolute atomic E-state index is 0.0571. The van der Waals surface area contributed by atoms with Crippen molar-refractivity contribution in [2.24, 2.45) is 0 Å². The number of nitrogens with zero attached hydrogens (tertiary/aromatic N) is 1. The van der Waals surface area contributed by atoms with E-state index >= 15 is 0 Å². The number of para-hydroxylation sites is 1. The molecule has 1 heterocycles. The number of hydrogen-bond acceptors (Lipinski definition) is 5. The van der Waals surface area contributed by atoms with Crippen LogP contribution in [0.4, 0.5) is 0 Å². The summed E-state index contributed by atoms with van der Waals surface area (Å²) in [4.78, 5) is 16.7. The fraction of sp³-hybridized carbons (Fsp3) is 0.286. The number of benzene rings is 3. The first kappa shape index (κ1) is 23.8. The topological polar surface area (TPSA) is 63.2 Å². The van der Waals surface area contributed by atoms with Crippen LogP contribution >= 0.6 is 22.9 Å². The van der Waals surface area contributed by atoms with Gasteiger partial charge in [-0.15, -0.1) is 0 Å². The van der Waals surface area contributed by atoms with E-state index in [-0.39, 0.29) is 11.4 Å². The van der Waals surface area contributed by atoms with E-state index in [1.54, 1.807) is 35.6 Å². The van der Waals surface area contributed by atoms with Crippen LogP contribution in [0.1, 0.15) is 41.6 Å². The number of aromatic nitrogens is 1. The number of carbonyl (C=O) groups is 1. The smallest absolute Gasteiger partial charge is 0.279 e. The van der Waals surface area contributed by atoms with Crippen molar-refractivity contribution in [3.63, 3.8) is 0 Å². The zero-order valence-electron chi connectivity index (χ0n) is 19.4. The van der Waals surface area contributed by atoms with Gasteiger partial charge < -0.3 is 15.4 Å². The van der Waals surface area contributed by atoms with Gasteiger partial charge in [-0.2, -0.15) is 0 Å². The number of thiazole rings is 1. The van der Waals surface area contributed by atoms with Crippen LogP contribution in [0.2, 0.25) is 5.02 Å². The van der Waals surface area contributed by atoms with Crippen molar-refractivity contribution in [3.05, 3.63) is 88.9 Å². The Kier molecular flexibility index (Phi) is 7.32. The van der Waals surface area contributed by atoms with Gasteiger partial charge in [-0.05, 0) is 92.7 Å². The number of amides is 1. The minimum atomic E-state index is -0.0571. The van der Waals surface area contributed by atoms with Crippen molar-refractivity contribution < 1.29 is 9.53 Å². The predicted molar refractivity (Wildman–Crippen MR) is 143 cm³/mol. The van der Waals surface area contributed by atoms with E-state index in [4.69, 9.17) is 16.3 Å². The molecular formula is C28H28ClN3O2S. The minimum Gasteiger partial charge on any atom is -0.431 e. The van der Waals surface area contributed by atoms with E-state index in [9.17, 15) is 4.79 Å². The van der Waals surface area contributed by atoms with Gasteiger partial charge in [0.05, 0.1) is 10.2 Å². The molecule has 2 N–H and O–H groups in total. The number of halogens is 1. The highest BCUT2D eigenvalue weighted by Gasteiger charge is 2.41. The third kappa shape index (κ3) is 6.40. The van der Waals surface area contributed by atoms with E-state index in [1.165, 1.54) is 18.4 Å². The van der Waals surface area contributed by atoms with Crippen LogP contribution in [0, 0.1) is 0 Å². The summed E-state index contributed by atoms with van der Waals surface area (Å²) in [6.45, 7) is 1.55. The summed E-state index contributed by atoms with van der Waals surface area (Å²) in [5.74, 6) is 0.756. The summed E-state index contributed by atoms with van der Waals surface area (Å²) in [5.41, 5.74) is 3.16. The Balaban J connectivity index is 1.02. The largest absolute Gasteiger partial charge is 0.431 e. The standard InChI is InChI=1S/C28H28ClN3O2S/c29-22-10-8-21(9-11-22)26(33)30-18-3-19-31-28(16-17-28)15-14-20-6-12-23(13-7-20)34-27-32-24-4-1-2-5-25(24)35-27/h1-2,4-13,31H,3,14-19H2,(H,30,33). The maximum atomic E-state index is 12.2. The van der Waals surface area contributed by atoms with Gasteiger partial charge in [0.25, 0.3) is 11.1 Å². The first-order valence-corrected chi connectivity index (χ1v) is 13.2. The number of rotatable bonds is 11. The SMILES string of the molecule is O=C(NCCCNC1(CCc2ccc(Oc3nc4ccccc4s3)cc2)CC1)c1ccc(Cl)cc1. The van der Waals surface area contributed by atoms with Gasteiger partial charge in [0, 0.05) is 22.7 Å². The molecule has 4 aromatic rings. The highest BCUT2D eigenvalue weighted by atomic mass is 35.5. The van der Waals surface area contributed by atoms with Crippen molar-refractivity contribution >= 4 is 39.1 Å². The van der Waals surface area contributed by atoms with Gasteiger partial charge in [0.15, 0.2) is 0 Å². The average molecular weight is 506 g/mol. The highest BCUT2D eigenvalue weighted by Crippen LogP contribution is 2.39. The van der Waals surface area contributed by atoms with Crippen LogP contribution in [0.3, 0.4) is 0 Å². The quantitative estimate of drug-likeness (QED) is 0.225. The molecule has 1 fully saturated rings. The lowest BCUT2D eigenvalue weighted by Crippen LogP contribution is -2.34. The summed E-state index contributed by atoms with van der Waals surface area (Å²) in [6.07, 6.45) is 5.47. The van der Waals surface area contributed by atoms with Crippen LogP contribution in [0.25, 0.3) is 10.2 Å². The van der Waals surface area contributed by atoms with Gasteiger partial charge in [-0.1, -0.05) is 47.2 Å². The van der Waals surface area contributed by atoms with Gasteiger partial charge in [0.1, 0.15) is 5.75 Å². The summed E-state index contributed by atoms with van der Waals surface area (Å²) in [7, 11) is 0. The Morgan fingerprint density at radius 1 is 1.00 bits per heavy atom. The predicted octanol–water partition coefficient (Wildman–Crippen LogP) is 6.62. The number of ether oxygens (including phenoxy) is 1. The molecule has 35 heavy (non-hydrogen) atoms. The molecule has 7 heteroatoms. The van der Waals surface area contributed by atoms with Gasteiger partial charge >= 0.3 is 0 Å². The zero-order valence-corrected chi connectivity index (χ0v) is 21.0. The molecule has 0 atom stereocenters. The van der Waals surface area contributed by atoms with Crippen LogP contribution in [-0.4, -0.2) is 29.5 Å². The van der Waals surface area contributed by atoms with Gasteiger partial charge in [0.2, 0.25) is 0 Å². The van der Waals surface area contributed by atoms with E-state index < -0.39 is 0 Å². The number of carbonyl (C=O) groups excluding carboxylic acids is 1. The van der Waals surface area contributed by atoms with Gasteiger partial charge in [-0.3, -0.25) is 4.79 Å². The lowest BCUT2D eigenvalue weighted by Gasteiger charge is -2.17. The second kappa shape index (κ2) is 10.8. The number of fused-ring (bicyclic) bond motifs is 1. The van der Waals surface area contributed by atoms with Crippen molar-refractivity contribution in [2.45, 2.75) is 37.6 Å². The first-order chi connectivity index (χ1) is 17.1. The molecule has 1 aromatic heterocycles. The molecule has 1 aliphatic carbocycles. The molecule has 1 amide bonds. The van der Waals surface area contributed by atoms with Crippen molar-refractivity contribution in [3.8, 4) is 10.9 Å². The molecule has 0 spiro atoms. The highest BCUT2D eigenvalue weighted by molar-refractivity contribution is 7.20. The molecule has 5 rings (SSSR count). The summed E-state index contributed by atoms with van der Waals surface area (Å²) >= 11 is 7.44. The van der Waals surface area contributed by atoms with Gasteiger partial charge in [-0.25, -0.2) is 4.98 Å². The Hall–Kier alpha value is -2.93. The van der Waals surface area contributed by atoms with Crippen molar-refractivity contribution in [1.82, 2.24) is 15.6 Å². The maximum Gasteiger partial charge on any atom is 0.279 e. The Morgan fingerprint density at radius 3 is 2.51 bits per heavy atom. The molecule has 3 aromatic carbocycles. The second-order valence-electron chi connectivity index (χ2n) is 9.02. The summed E-state index contributed by atoms with van der Waals surface area (Å²) in [5, 5.41) is 8.00. The monoisotopic (exact) mass is 505 g/mol. The normalized spacial score (nSPS) is 14.1. The van der Waals surface area contributed by atoms with Crippen LogP contribution in [-0.2, 0) is 6.42 Å². The zero-order chi connectivity index (χ0) is 24.1. The van der Waals surface area contributed by atoms with Crippen LogP contribution in [0.5, 0.6) is 10.9 Å². The lowest BCUT2D eigenvalue weighted by atomic mass is 10.0. The maximum absolute atomic E-state index is 12.2. The molecule has 5 nitrogen and oxygen atoms in total. The Bertz CT molecular complexity index is 1250. The van der Waals surface area contributed by atoms with E-state index in [0.717, 1.165) is 41.8 Å². The lowest BCUT2D eigenvalue weighted by molar-refractivity contribution is 0.0953. The van der Waals surface area contributed by atoms with E-state index in [2.05, 4.69) is 33.8 Å². The van der Waals surface area contributed by atoms with E-state index in [0.29, 0.717) is 22.3 Å². The molecule has 180 valence electrons. The number of nitrogens with one attached hydrogen (secondary N) is 2. The molecule has 0 saturated heterocycles. The molecular weight excluding hydrogens is 478 g/mol. The molecule has 1 aliphatic rings. The Morgan fingerprint density at radius 2 is 1.77 bits per heavy atom. The number of aryl methyl sites for hydroxylation is 1. The van der Waals surface area contributed by atoms with E-state index in [1.807, 2.05) is 30.3 Å². The summed E-state index contributed by atoms with van der Waals surface area (Å²) < 4.78 is 7.09. The first-order valence-electron chi connectivity index (χ1n) is 12.0. The molecule has 0 unspecified atom stereocenters. The fourth-order valence-corrected chi connectivity index (χ4v) is 5.08. The molecule has 0 aliphatic heterocycles. The molecule has 0 radical (unpaired) electrons. The van der Waals surface area contributed by atoms with Crippen molar-refractivity contribution in [1.29, 1.82) is 0 Å². The van der Waals surface area contributed by atoms with Crippen LogP contribution in [0.15, 0.2) is 72.8 Å². The number of hydrogen-bond donors (Lipinski definition) is 2. The second-order valence-corrected chi connectivity index (χ2v) is 10.4. The fourth-order valence-electron chi connectivity index (χ4n) is 4.12. The molecule has 1 saturated carbocycles. The average Bonchev–Trinajstić information content (AvgIpc) is 3.53. The van der Waals surface area contributed by atoms with Crippen LogP contribution < -0.4 is 15.4 Å². The third-order valence-corrected chi connectivity index (χ3v) is 7.56. The summed E-state index contributed by atoms with van der Waals surface area (Å²) in [6, 6.07) is 23.4. The Labute approximate surface area is 214 Å².